The Morgan fingerprint density at radius 1 is 1.32 bits per heavy atom. The van der Waals surface area contributed by atoms with Gasteiger partial charge in [0.2, 0.25) is 0 Å². The molecule has 0 aliphatic heterocycles. The van der Waals surface area contributed by atoms with Crippen LogP contribution in [0.1, 0.15) is 15.9 Å². The van der Waals surface area contributed by atoms with Gasteiger partial charge in [0.05, 0.1) is 12.2 Å². The minimum Gasteiger partial charge on any atom is -0.383 e. The average molecular weight is 399 g/mol. The average Bonchev–Trinajstić information content (AvgIpc) is 2.36. The van der Waals surface area contributed by atoms with Gasteiger partial charge in [0.15, 0.2) is 0 Å². The molecule has 0 fully saturated rings. The summed E-state index contributed by atoms with van der Waals surface area (Å²) in [6.45, 7) is 4.83. The number of ether oxygens (including phenoxy) is 1. The lowest BCUT2D eigenvalue weighted by Gasteiger charge is -2.08. The fourth-order valence-corrected chi connectivity index (χ4v) is 2.05. The van der Waals surface area contributed by atoms with Crippen LogP contribution in [0.15, 0.2) is 18.2 Å². The molecule has 0 aliphatic rings. The molecule has 19 heavy (non-hydrogen) atoms. The van der Waals surface area contributed by atoms with Crippen molar-refractivity contribution in [2.24, 2.45) is 0 Å². The van der Waals surface area contributed by atoms with Gasteiger partial charge in [-0.3, -0.25) is 4.79 Å². The molecule has 0 atom stereocenters. The van der Waals surface area contributed by atoms with Crippen LogP contribution >= 0.6 is 35.0 Å². The van der Waals surface area contributed by atoms with Crippen molar-refractivity contribution in [3.05, 3.63) is 32.9 Å². The molecule has 1 rings (SSSR count). The third-order valence-corrected chi connectivity index (χ3v) is 3.38. The zero-order valence-corrected chi connectivity index (χ0v) is 14.1. The Morgan fingerprint density at radius 3 is 2.74 bits per heavy atom. The summed E-state index contributed by atoms with van der Waals surface area (Å²) < 4.78 is 5.89. The van der Waals surface area contributed by atoms with Crippen molar-refractivity contribution in [2.45, 2.75) is 6.92 Å². The van der Waals surface area contributed by atoms with Gasteiger partial charge in [-0.2, -0.15) is 0 Å². The van der Waals surface area contributed by atoms with Crippen molar-refractivity contribution in [3.63, 3.8) is 0 Å². The Bertz CT molecular complexity index is 402. The lowest BCUT2D eigenvalue weighted by atomic mass is 10.1. The van der Waals surface area contributed by atoms with E-state index in [1.165, 1.54) is 0 Å². The highest BCUT2D eigenvalue weighted by molar-refractivity contribution is 14.1. The van der Waals surface area contributed by atoms with Crippen molar-refractivity contribution < 1.29 is 9.53 Å². The Kier molecular flexibility index (Phi) is 10.2. The highest BCUT2D eigenvalue weighted by atomic mass is 127. The first kappa shape index (κ1) is 18.6. The van der Waals surface area contributed by atoms with Crippen LogP contribution in [0, 0.1) is 10.5 Å². The number of hydrogen-bond acceptors (Lipinski definition) is 3. The second-order valence-corrected chi connectivity index (χ2v) is 5.14. The van der Waals surface area contributed by atoms with Crippen LogP contribution < -0.4 is 10.6 Å². The van der Waals surface area contributed by atoms with Crippen LogP contribution in [0.4, 0.5) is 0 Å². The summed E-state index contributed by atoms with van der Waals surface area (Å²) in [6, 6.07) is 5.88. The van der Waals surface area contributed by atoms with Crippen LogP contribution in [0.5, 0.6) is 0 Å². The smallest absolute Gasteiger partial charge is 0.252 e. The molecule has 0 bridgehead atoms. The first-order chi connectivity index (χ1) is 8.65. The topological polar surface area (TPSA) is 50.4 Å². The predicted octanol–water partition coefficient (Wildman–Crippen LogP) is 1.99. The Hall–Kier alpha value is -0.370. The van der Waals surface area contributed by atoms with Crippen LogP contribution in [-0.4, -0.2) is 39.3 Å². The number of carbonyl (C=O) groups excluding carboxylic acids is 1. The number of halogens is 2. The quantitative estimate of drug-likeness (QED) is 0.545. The third-order valence-electron chi connectivity index (χ3n) is 2.44. The van der Waals surface area contributed by atoms with Gasteiger partial charge in [-0.05, 0) is 41.6 Å². The number of carbonyl (C=O) groups is 1. The van der Waals surface area contributed by atoms with E-state index in [-0.39, 0.29) is 18.3 Å². The van der Waals surface area contributed by atoms with Crippen LogP contribution in [-0.2, 0) is 4.74 Å². The maximum Gasteiger partial charge on any atom is 0.252 e. The maximum absolute atomic E-state index is 11.9. The lowest BCUT2D eigenvalue weighted by molar-refractivity contribution is 0.0952. The molecule has 0 spiro atoms. The number of hydrogen-bond donors (Lipinski definition) is 2. The Balaban J connectivity index is 0.00000324. The number of aryl methyl sites for hydroxylation is 1. The first-order valence-electron chi connectivity index (χ1n) is 5.89. The molecule has 4 nitrogen and oxygen atoms in total. The second-order valence-electron chi connectivity index (χ2n) is 3.98. The highest BCUT2D eigenvalue weighted by Crippen LogP contribution is 2.13. The zero-order chi connectivity index (χ0) is 13.4. The molecule has 108 valence electrons. The van der Waals surface area contributed by atoms with E-state index >= 15 is 0 Å². The molecule has 1 aromatic carbocycles. The Labute approximate surface area is 134 Å². The van der Waals surface area contributed by atoms with Crippen LogP contribution in [0.3, 0.4) is 0 Å². The molecule has 1 aromatic rings. The van der Waals surface area contributed by atoms with E-state index < -0.39 is 0 Å². The van der Waals surface area contributed by atoms with Crippen molar-refractivity contribution >= 4 is 40.9 Å². The third kappa shape index (κ3) is 7.10. The minimum atomic E-state index is -0.0170. The number of methoxy groups -OCH3 is 1. The standard InChI is InChI=1S/C13H19IN2O2.ClH/c1-10-3-4-12(14)11(9-10)13(17)16-6-5-15-7-8-18-2;/h3-4,9,15H,5-8H2,1-2H3,(H,16,17);1H. The van der Waals surface area contributed by atoms with Gasteiger partial charge in [0.1, 0.15) is 0 Å². The molecule has 0 saturated carbocycles. The number of amides is 1. The fraction of sp³-hybridized carbons (Fsp3) is 0.462. The minimum absolute atomic E-state index is 0. The van der Waals surface area contributed by atoms with Crippen molar-refractivity contribution in [3.8, 4) is 0 Å². The SMILES string of the molecule is COCCNCCNC(=O)c1cc(C)ccc1I.Cl. The van der Waals surface area contributed by atoms with Crippen LogP contribution in [0.25, 0.3) is 0 Å². The molecule has 0 unspecified atom stereocenters. The second kappa shape index (κ2) is 10.4. The van der Waals surface area contributed by atoms with Crippen molar-refractivity contribution in [1.29, 1.82) is 0 Å². The first-order valence-corrected chi connectivity index (χ1v) is 6.97. The van der Waals surface area contributed by atoms with Gasteiger partial charge in [0, 0.05) is 30.3 Å². The van der Waals surface area contributed by atoms with Gasteiger partial charge < -0.3 is 15.4 Å². The van der Waals surface area contributed by atoms with Crippen LogP contribution in [0.2, 0.25) is 0 Å². The molecule has 0 radical (unpaired) electrons. The molecule has 6 heteroatoms. The predicted molar refractivity (Wildman–Crippen MR) is 88.2 cm³/mol. The van der Waals surface area contributed by atoms with Crippen molar-refractivity contribution in [1.82, 2.24) is 10.6 Å². The van der Waals surface area contributed by atoms with Gasteiger partial charge >= 0.3 is 0 Å². The van der Waals surface area contributed by atoms with E-state index in [4.69, 9.17) is 4.74 Å². The summed E-state index contributed by atoms with van der Waals surface area (Å²) in [4.78, 5) is 11.9. The molecule has 0 heterocycles. The van der Waals surface area contributed by atoms with Gasteiger partial charge in [-0.25, -0.2) is 0 Å². The normalized spacial score (nSPS) is 9.84. The largest absolute Gasteiger partial charge is 0.383 e. The molecular formula is C13H20ClIN2O2. The van der Waals surface area contributed by atoms with E-state index in [1.54, 1.807) is 7.11 Å². The van der Waals surface area contributed by atoms with Gasteiger partial charge in [-0.1, -0.05) is 11.6 Å². The zero-order valence-electron chi connectivity index (χ0n) is 11.2. The fourth-order valence-electron chi connectivity index (χ4n) is 1.47. The van der Waals surface area contributed by atoms with E-state index in [0.717, 1.165) is 27.8 Å². The summed E-state index contributed by atoms with van der Waals surface area (Å²) in [7, 11) is 1.67. The molecule has 2 N–H and O–H groups in total. The van der Waals surface area contributed by atoms with E-state index in [0.29, 0.717) is 13.2 Å². The molecular weight excluding hydrogens is 379 g/mol. The molecule has 0 aliphatic carbocycles. The van der Waals surface area contributed by atoms with E-state index in [1.807, 2.05) is 25.1 Å². The lowest BCUT2D eigenvalue weighted by Crippen LogP contribution is -2.33. The number of benzene rings is 1. The summed E-state index contributed by atoms with van der Waals surface area (Å²) in [5.41, 5.74) is 1.84. The molecule has 1 amide bonds. The summed E-state index contributed by atoms with van der Waals surface area (Å²) in [5, 5.41) is 6.07. The van der Waals surface area contributed by atoms with Gasteiger partial charge in [0.25, 0.3) is 5.91 Å². The van der Waals surface area contributed by atoms with Crippen molar-refractivity contribution in [2.75, 3.05) is 33.4 Å². The van der Waals surface area contributed by atoms with Gasteiger partial charge in [-0.15, -0.1) is 12.4 Å². The summed E-state index contributed by atoms with van der Waals surface area (Å²) >= 11 is 2.18. The highest BCUT2D eigenvalue weighted by Gasteiger charge is 2.08. The summed E-state index contributed by atoms with van der Waals surface area (Å²) in [5.74, 6) is -0.0170. The molecule has 0 aromatic heterocycles. The number of rotatable bonds is 7. The monoisotopic (exact) mass is 398 g/mol. The maximum atomic E-state index is 11.9. The van der Waals surface area contributed by atoms with E-state index in [2.05, 4.69) is 33.2 Å². The summed E-state index contributed by atoms with van der Waals surface area (Å²) in [6.07, 6.45) is 0. The Morgan fingerprint density at radius 2 is 2.05 bits per heavy atom. The van der Waals surface area contributed by atoms with E-state index in [9.17, 15) is 4.79 Å². The number of nitrogens with one attached hydrogen (secondary N) is 2. The molecule has 0 saturated heterocycles.